The molecule has 2 amide bonds. The third-order valence-corrected chi connectivity index (χ3v) is 6.88. The number of anilines is 3. The van der Waals surface area contributed by atoms with Crippen molar-refractivity contribution in [3.8, 4) is 0 Å². The number of piperazine rings is 1. The maximum atomic E-state index is 13.4. The van der Waals surface area contributed by atoms with Crippen LogP contribution in [0.3, 0.4) is 0 Å². The molecule has 0 saturated carbocycles. The van der Waals surface area contributed by atoms with Gasteiger partial charge in [-0.25, -0.2) is 4.79 Å². The Morgan fingerprint density at radius 1 is 1.03 bits per heavy atom. The molecule has 2 aromatic carbocycles. The number of ketones is 1. The fraction of sp³-hybridized carbons (Fsp3) is 0.440. The largest absolute Gasteiger partial charge is 0.369 e. The van der Waals surface area contributed by atoms with Crippen molar-refractivity contribution in [2.75, 3.05) is 55.5 Å². The monoisotopic (exact) mass is 434 g/mol. The fourth-order valence-corrected chi connectivity index (χ4v) is 4.98. The second-order valence-corrected chi connectivity index (χ2v) is 8.95. The number of carbonyl (C=O) groups excluding carboxylic acids is 2. The number of urea groups is 1. The van der Waals surface area contributed by atoms with Crippen LogP contribution in [-0.4, -0.2) is 63.3 Å². The van der Waals surface area contributed by atoms with Crippen molar-refractivity contribution in [3.05, 3.63) is 53.1 Å². The normalized spacial score (nSPS) is 20.8. The van der Waals surface area contributed by atoms with E-state index in [0.717, 1.165) is 67.1 Å². The van der Waals surface area contributed by atoms with Crippen LogP contribution in [0.1, 0.15) is 34.3 Å². The maximum absolute atomic E-state index is 13.4. The highest BCUT2D eigenvalue weighted by atomic mass is 16.5. The Morgan fingerprint density at radius 3 is 2.62 bits per heavy atom. The summed E-state index contributed by atoms with van der Waals surface area (Å²) < 4.78 is 5.67. The van der Waals surface area contributed by atoms with E-state index in [1.165, 1.54) is 0 Å². The van der Waals surface area contributed by atoms with Gasteiger partial charge in [0.1, 0.15) is 6.23 Å². The number of ether oxygens (including phenoxy) is 1. The van der Waals surface area contributed by atoms with Crippen LogP contribution in [-0.2, 0) is 17.6 Å². The van der Waals surface area contributed by atoms with E-state index in [4.69, 9.17) is 4.74 Å². The number of nitrogens with one attached hydrogen (secondary N) is 1. The van der Waals surface area contributed by atoms with E-state index in [0.29, 0.717) is 18.5 Å². The van der Waals surface area contributed by atoms with Gasteiger partial charge in [-0.2, -0.15) is 0 Å². The lowest BCUT2D eigenvalue weighted by molar-refractivity contribution is 0.0972. The summed E-state index contributed by atoms with van der Waals surface area (Å²) in [7, 11) is 3.79. The highest BCUT2D eigenvalue weighted by molar-refractivity contribution is 6.04. The third-order valence-electron chi connectivity index (χ3n) is 6.88. The molecule has 1 saturated heterocycles. The predicted molar refractivity (Wildman–Crippen MR) is 126 cm³/mol. The molecule has 1 fully saturated rings. The van der Waals surface area contributed by atoms with Gasteiger partial charge in [0.05, 0.1) is 5.69 Å². The summed E-state index contributed by atoms with van der Waals surface area (Å²) in [5.41, 5.74) is 5.66. The van der Waals surface area contributed by atoms with E-state index in [9.17, 15) is 9.59 Å². The van der Waals surface area contributed by atoms with Gasteiger partial charge in [0, 0.05) is 63.1 Å². The summed E-state index contributed by atoms with van der Waals surface area (Å²) in [6.07, 6.45) is 2.66. The molecule has 0 radical (unpaired) electrons. The van der Waals surface area contributed by atoms with E-state index in [2.05, 4.69) is 40.4 Å². The van der Waals surface area contributed by atoms with Crippen LogP contribution in [0.4, 0.5) is 21.9 Å². The number of hydrogen-bond donors (Lipinski definition) is 1. The van der Waals surface area contributed by atoms with Gasteiger partial charge in [0.15, 0.2) is 5.78 Å². The molecule has 1 N–H and O–H groups in total. The third kappa shape index (κ3) is 3.87. The van der Waals surface area contributed by atoms with Crippen molar-refractivity contribution in [1.29, 1.82) is 0 Å². The molecule has 2 heterocycles. The zero-order valence-electron chi connectivity index (χ0n) is 18.8. The molecule has 0 unspecified atom stereocenters. The first-order valence-electron chi connectivity index (χ1n) is 11.4. The SMILES string of the molecule is CO[C@H]1Cc2ccc(N3CCN(C)CC3)cc2N1C(=O)Nc1ccc2c(c1)CCCC2=O. The van der Waals surface area contributed by atoms with Gasteiger partial charge < -0.3 is 19.9 Å². The summed E-state index contributed by atoms with van der Waals surface area (Å²) in [5, 5.41) is 3.03. The van der Waals surface area contributed by atoms with Crippen LogP contribution in [0, 0.1) is 0 Å². The van der Waals surface area contributed by atoms with Gasteiger partial charge >= 0.3 is 6.03 Å². The van der Waals surface area contributed by atoms with E-state index < -0.39 is 0 Å². The van der Waals surface area contributed by atoms with Crippen molar-refractivity contribution in [3.63, 3.8) is 0 Å². The summed E-state index contributed by atoms with van der Waals surface area (Å²) in [6, 6.07) is 11.8. The Labute approximate surface area is 188 Å². The summed E-state index contributed by atoms with van der Waals surface area (Å²) >= 11 is 0. The smallest absolute Gasteiger partial charge is 0.328 e. The molecule has 2 aliphatic heterocycles. The van der Waals surface area contributed by atoms with Crippen LogP contribution in [0.25, 0.3) is 0 Å². The topological polar surface area (TPSA) is 65.1 Å². The standard InChI is InChI=1S/C25H30N4O3/c1-27-10-12-28(13-11-27)20-8-6-18-15-24(32-2)29(22(18)16-20)25(31)26-19-7-9-21-17(14-19)4-3-5-23(21)30/h6-9,14,16,24H,3-5,10-13,15H2,1-2H3,(H,26,31)/t24-/m0/s1. The average Bonchev–Trinajstić information content (AvgIpc) is 3.17. The molecule has 2 aromatic rings. The summed E-state index contributed by atoms with van der Waals surface area (Å²) in [6.45, 7) is 4.01. The van der Waals surface area contributed by atoms with E-state index >= 15 is 0 Å². The summed E-state index contributed by atoms with van der Waals surface area (Å²) in [5.74, 6) is 0.188. The quantitative estimate of drug-likeness (QED) is 0.801. The first-order valence-corrected chi connectivity index (χ1v) is 11.4. The van der Waals surface area contributed by atoms with Crippen molar-refractivity contribution >= 4 is 28.9 Å². The Hall–Kier alpha value is -2.90. The second-order valence-electron chi connectivity index (χ2n) is 8.95. The van der Waals surface area contributed by atoms with Crippen LogP contribution >= 0.6 is 0 Å². The van der Waals surface area contributed by atoms with Crippen LogP contribution in [0.5, 0.6) is 0 Å². The molecule has 168 valence electrons. The number of nitrogens with zero attached hydrogens (tertiary/aromatic N) is 3. The first kappa shape index (κ1) is 21.0. The van der Waals surface area contributed by atoms with Gasteiger partial charge in [-0.15, -0.1) is 0 Å². The molecule has 1 aliphatic carbocycles. The van der Waals surface area contributed by atoms with Gasteiger partial charge in [-0.05, 0) is 61.3 Å². The van der Waals surface area contributed by atoms with E-state index in [1.54, 1.807) is 12.0 Å². The molecule has 0 bridgehead atoms. The Morgan fingerprint density at radius 2 is 1.84 bits per heavy atom. The number of carbonyl (C=O) groups is 2. The van der Waals surface area contributed by atoms with Gasteiger partial charge in [-0.3, -0.25) is 9.69 Å². The predicted octanol–water partition coefficient (Wildman–Crippen LogP) is 3.52. The zero-order valence-corrected chi connectivity index (χ0v) is 18.8. The lowest BCUT2D eigenvalue weighted by atomic mass is 9.90. The minimum atomic E-state index is -0.341. The number of methoxy groups -OCH3 is 1. The lowest BCUT2D eigenvalue weighted by Gasteiger charge is -2.34. The number of hydrogen-bond acceptors (Lipinski definition) is 5. The highest BCUT2D eigenvalue weighted by Gasteiger charge is 2.35. The number of aryl methyl sites for hydroxylation is 1. The van der Waals surface area contributed by atoms with Gasteiger partial charge in [-0.1, -0.05) is 6.07 Å². The van der Waals surface area contributed by atoms with Crippen LogP contribution in [0.15, 0.2) is 36.4 Å². The van der Waals surface area contributed by atoms with Gasteiger partial charge in [0.25, 0.3) is 0 Å². The van der Waals surface area contributed by atoms with E-state index in [1.807, 2.05) is 18.2 Å². The molecule has 32 heavy (non-hydrogen) atoms. The van der Waals surface area contributed by atoms with Crippen LogP contribution in [0.2, 0.25) is 0 Å². The molecule has 1 atom stereocenters. The molecule has 7 nitrogen and oxygen atoms in total. The van der Waals surface area contributed by atoms with Crippen molar-refractivity contribution in [2.24, 2.45) is 0 Å². The van der Waals surface area contributed by atoms with Gasteiger partial charge in [0.2, 0.25) is 0 Å². The number of rotatable bonds is 3. The molecule has 3 aliphatic rings. The first-order chi connectivity index (χ1) is 15.5. The minimum absolute atomic E-state index is 0.188. The molecular formula is C25H30N4O3. The molecule has 0 spiro atoms. The Kier molecular flexibility index (Phi) is 5.61. The minimum Gasteiger partial charge on any atom is -0.369 e. The number of amides is 2. The fourth-order valence-electron chi connectivity index (χ4n) is 4.98. The average molecular weight is 435 g/mol. The Bertz CT molecular complexity index is 1050. The molecule has 0 aromatic heterocycles. The van der Waals surface area contributed by atoms with E-state index in [-0.39, 0.29) is 18.0 Å². The number of Topliss-reactive ketones (excluding diaryl/α,β-unsaturated/α-hetero) is 1. The maximum Gasteiger partial charge on any atom is 0.328 e. The van der Waals surface area contributed by atoms with Crippen molar-refractivity contribution in [1.82, 2.24) is 4.90 Å². The highest BCUT2D eigenvalue weighted by Crippen LogP contribution is 2.36. The molecular weight excluding hydrogens is 404 g/mol. The number of benzene rings is 2. The molecule has 7 heteroatoms. The number of likely N-dealkylation sites (N-methyl/N-ethyl adjacent to an activating group) is 1. The Balaban J connectivity index is 1.39. The van der Waals surface area contributed by atoms with Crippen molar-refractivity contribution in [2.45, 2.75) is 31.9 Å². The van der Waals surface area contributed by atoms with Crippen molar-refractivity contribution < 1.29 is 14.3 Å². The molecule has 5 rings (SSSR count). The summed E-state index contributed by atoms with van der Waals surface area (Å²) in [4.78, 5) is 31.9. The number of fused-ring (bicyclic) bond motifs is 2. The zero-order chi connectivity index (χ0) is 22.2. The van der Waals surface area contributed by atoms with Crippen LogP contribution < -0.4 is 15.1 Å². The second kappa shape index (κ2) is 8.56. The lowest BCUT2D eigenvalue weighted by Crippen LogP contribution is -2.44.